The van der Waals surface area contributed by atoms with Crippen LogP contribution in [0.1, 0.15) is 44.2 Å². The maximum Gasteiger partial charge on any atom is 0.343 e. The Morgan fingerprint density at radius 2 is 1.94 bits per heavy atom. The molecule has 1 aliphatic heterocycles. The first-order valence-electron chi connectivity index (χ1n) is 11.2. The number of carbonyl (C=O) groups excluding carboxylic acids is 2. The Hall–Kier alpha value is -3.88. The number of carbonyl (C=O) groups is 2. The molecule has 0 saturated carbocycles. The van der Waals surface area contributed by atoms with Crippen LogP contribution >= 0.6 is 0 Å². The van der Waals surface area contributed by atoms with Gasteiger partial charge in [0, 0.05) is 55.8 Å². The number of esters is 1. The van der Waals surface area contributed by atoms with Crippen LogP contribution in [0.2, 0.25) is 0 Å². The molecular weight excluding hydrogens is 438 g/mol. The van der Waals surface area contributed by atoms with Gasteiger partial charge in [-0.1, -0.05) is 0 Å². The first-order valence-corrected chi connectivity index (χ1v) is 11.2. The highest BCUT2D eigenvalue weighted by atomic mass is 16.5. The van der Waals surface area contributed by atoms with Gasteiger partial charge in [-0.2, -0.15) is 0 Å². The Kier molecular flexibility index (Phi) is 7.10. The topological polar surface area (TPSA) is 104 Å². The Labute approximate surface area is 196 Å². The first kappa shape index (κ1) is 23.3. The summed E-state index contributed by atoms with van der Waals surface area (Å²) in [6.45, 7) is 3.04. The molecule has 3 aromatic rings. The number of fused-ring (bicyclic) bond motifs is 1. The zero-order valence-electron chi connectivity index (χ0n) is 19.3. The summed E-state index contributed by atoms with van der Waals surface area (Å²) in [6, 6.07) is 6.94. The second-order valence-electron chi connectivity index (χ2n) is 8.09. The quantitative estimate of drug-likeness (QED) is 0.390. The smallest absolute Gasteiger partial charge is 0.343 e. The molecule has 1 amide bonds. The summed E-state index contributed by atoms with van der Waals surface area (Å²) in [5.41, 5.74) is 2.34. The minimum Gasteiger partial charge on any atom is -0.492 e. The molecule has 3 aromatic heterocycles. The lowest BCUT2D eigenvalue weighted by Gasteiger charge is -2.18. The molecule has 0 aromatic carbocycles. The van der Waals surface area contributed by atoms with Crippen LogP contribution in [0.25, 0.3) is 0 Å². The largest absolute Gasteiger partial charge is 0.492 e. The predicted molar refractivity (Wildman–Crippen MR) is 123 cm³/mol. The minimum absolute atomic E-state index is 0.208. The fraction of sp³-hybridized carbons (Fsp3) is 0.360. The van der Waals surface area contributed by atoms with Gasteiger partial charge in [0.15, 0.2) is 5.76 Å². The summed E-state index contributed by atoms with van der Waals surface area (Å²) < 4.78 is 17.8. The Balaban J connectivity index is 1.54. The van der Waals surface area contributed by atoms with Crippen molar-refractivity contribution < 1.29 is 23.5 Å². The number of aromatic nitrogens is 2. The average molecular weight is 466 g/mol. The zero-order valence-corrected chi connectivity index (χ0v) is 19.3. The molecule has 4 rings (SSSR count). The van der Waals surface area contributed by atoms with E-state index in [9.17, 15) is 14.4 Å². The average Bonchev–Trinajstić information content (AvgIpc) is 3.15. The zero-order chi connectivity index (χ0) is 24.1. The molecule has 0 spiro atoms. The van der Waals surface area contributed by atoms with Gasteiger partial charge in [0.2, 0.25) is 0 Å². The molecule has 0 fully saturated rings. The lowest BCUT2D eigenvalue weighted by atomic mass is 10.1. The normalized spacial score (nSPS) is 13.2. The van der Waals surface area contributed by atoms with Crippen molar-refractivity contribution in [1.29, 1.82) is 0 Å². The van der Waals surface area contributed by atoms with Crippen LogP contribution in [-0.4, -0.2) is 53.1 Å². The fourth-order valence-corrected chi connectivity index (χ4v) is 4.13. The first-order chi connectivity index (χ1) is 16.5. The molecule has 9 nitrogen and oxygen atoms in total. The molecule has 0 atom stereocenters. The molecule has 0 saturated heterocycles. The van der Waals surface area contributed by atoms with E-state index in [2.05, 4.69) is 4.98 Å². The summed E-state index contributed by atoms with van der Waals surface area (Å²) in [5, 5.41) is 0. The molecule has 0 radical (unpaired) electrons. The number of furan rings is 1. The number of pyridine rings is 2. The van der Waals surface area contributed by atoms with Crippen molar-refractivity contribution in [1.82, 2.24) is 14.5 Å². The molecule has 9 heteroatoms. The van der Waals surface area contributed by atoms with E-state index < -0.39 is 5.97 Å². The van der Waals surface area contributed by atoms with E-state index in [1.165, 1.54) is 24.0 Å². The van der Waals surface area contributed by atoms with Crippen molar-refractivity contribution in [2.24, 2.45) is 0 Å². The van der Waals surface area contributed by atoms with Gasteiger partial charge in [-0.25, -0.2) is 4.79 Å². The second kappa shape index (κ2) is 10.4. The second-order valence-corrected chi connectivity index (χ2v) is 8.09. The van der Waals surface area contributed by atoms with E-state index in [0.29, 0.717) is 38.2 Å². The van der Waals surface area contributed by atoms with Gasteiger partial charge >= 0.3 is 5.97 Å². The van der Waals surface area contributed by atoms with Gasteiger partial charge in [0.25, 0.3) is 11.5 Å². The molecule has 0 unspecified atom stereocenters. The van der Waals surface area contributed by atoms with Gasteiger partial charge in [0.1, 0.15) is 11.3 Å². The number of methoxy groups -OCH3 is 1. The van der Waals surface area contributed by atoms with E-state index in [1.807, 2.05) is 19.1 Å². The van der Waals surface area contributed by atoms with Gasteiger partial charge in [-0.3, -0.25) is 14.6 Å². The SMILES string of the molecule is COC(=O)c1c(OCCCc2ccncc2)cc(=O)n2c1CCN(C(=O)c1occc1C)CC2. The number of hydrogen-bond acceptors (Lipinski definition) is 7. The summed E-state index contributed by atoms with van der Waals surface area (Å²) in [5.74, 6) is -0.325. The minimum atomic E-state index is -0.575. The number of rotatable bonds is 7. The van der Waals surface area contributed by atoms with Gasteiger partial charge in [-0.15, -0.1) is 0 Å². The van der Waals surface area contributed by atoms with Crippen LogP contribution in [0.15, 0.2) is 52.1 Å². The Morgan fingerprint density at radius 1 is 1.15 bits per heavy atom. The van der Waals surface area contributed by atoms with E-state index >= 15 is 0 Å². The van der Waals surface area contributed by atoms with Gasteiger partial charge in [0.05, 0.1) is 20.0 Å². The van der Waals surface area contributed by atoms with Crippen molar-refractivity contribution >= 4 is 11.9 Å². The lowest BCUT2D eigenvalue weighted by Crippen LogP contribution is -2.34. The standard InChI is InChI=1S/C25H27N3O6/c1-17-8-15-34-23(17)24(30)27-11-7-19-22(25(31)32-2)20(16-21(29)28(19)13-12-27)33-14-3-4-18-5-9-26-10-6-18/h5-6,8-10,15-16H,3-4,7,11-14H2,1-2H3. The monoisotopic (exact) mass is 465 g/mol. The van der Waals surface area contributed by atoms with Crippen molar-refractivity contribution in [3.63, 3.8) is 0 Å². The van der Waals surface area contributed by atoms with E-state index in [4.69, 9.17) is 13.9 Å². The summed E-state index contributed by atoms with van der Waals surface area (Å²) in [4.78, 5) is 44.2. The Bertz CT molecular complexity index is 1230. The van der Waals surface area contributed by atoms with Crippen LogP contribution in [0, 0.1) is 6.92 Å². The van der Waals surface area contributed by atoms with Crippen LogP contribution < -0.4 is 10.3 Å². The summed E-state index contributed by atoms with van der Waals surface area (Å²) in [7, 11) is 1.30. The maximum absolute atomic E-state index is 12.9. The Morgan fingerprint density at radius 3 is 2.65 bits per heavy atom. The number of hydrogen-bond donors (Lipinski definition) is 0. The van der Waals surface area contributed by atoms with Crippen LogP contribution in [-0.2, 0) is 24.1 Å². The third-order valence-electron chi connectivity index (χ3n) is 5.94. The highest BCUT2D eigenvalue weighted by molar-refractivity contribution is 5.94. The molecule has 178 valence electrons. The third-order valence-corrected chi connectivity index (χ3v) is 5.94. The lowest BCUT2D eigenvalue weighted by molar-refractivity contribution is 0.0593. The molecule has 0 N–H and O–H groups in total. The number of amides is 1. The van der Waals surface area contributed by atoms with Gasteiger partial charge in [-0.05, 0) is 43.5 Å². The van der Waals surface area contributed by atoms with Crippen molar-refractivity contribution in [2.45, 2.75) is 32.7 Å². The maximum atomic E-state index is 12.9. The summed E-state index contributed by atoms with van der Waals surface area (Å²) >= 11 is 0. The molecule has 4 heterocycles. The molecular formula is C25H27N3O6. The van der Waals surface area contributed by atoms with Crippen molar-refractivity contribution in [3.8, 4) is 5.75 Å². The molecule has 0 aliphatic carbocycles. The van der Waals surface area contributed by atoms with Crippen LogP contribution in [0.4, 0.5) is 0 Å². The number of ether oxygens (including phenoxy) is 2. The molecule has 0 bridgehead atoms. The van der Waals surface area contributed by atoms with E-state index in [-0.39, 0.29) is 35.1 Å². The molecule has 1 aliphatic rings. The third kappa shape index (κ3) is 4.88. The van der Waals surface area contributed by atoms with Crippen molar-refractivity contribution in [3.05, 3.63) is 81.4 Å². The highest BCUT2D eigenvalue weighted by Crippen LogP contribution is 2.25. The number of nitrogens with zero attached hydrogens (tertiary/aromatic N) is 3. The van der Waals surface area contributed by atoms with E-state index in [0.717, 1.165) is 17.5 Å². The van der Waals surface area contributed by atoms with E-state index in [1.54, 1.807) is 23.4 Å². The highest BCUT2D eigenvalue weighted by Gasteiger charge is 2.28. The van der Waals surface area contributed by atoms with Crippen LogP contribution in [0.3, 0.4) is 0 Å². The fourth-order valence-electron chi connectivity index (χ4n) is 4.13. The molecule has 34 heavy (non-hydrogen) atoms. The van der Waals surface area contributed by atoms with Gasteiger partial charge < -0.3 is 23.4 Å². The van der Waals surface area contributed by atoms with Crippen LogP contribution in [0.5, 0.6) is 5.75 Å². The number of aryl methyl sites for hydroxylation is 2. The predicted octanol–water partition coefficient (Wildman–Crippen LogP) is 2.64. The van der Waals surface area contributed by atoms with Crippen molar-refractivity contribution in [2.75, 3.05) is 26.8 Å². The summed E-state index contributed by atoms with van der Waals surface area (Å²) in [6.07, 6.45) is 6.74.